The smallest absolute Gasteiger partial charge is 0.209 e. The Bertz CT molecular complexity index is 536. The quantitative estimate of drug-likeness (QED) is 0.860. The van der Waals surface area contributed by atoms with E-state index < -0.39 is 0 Å². The fourth-order valence-corrected chi connectivity index (χ4v) is 2.35. The second-order valence-electron chi connectivity index (χ2n) is 3.24. The third kappa shape index (κ3) is 3.44. The maximum absolute atomic E-state index is 8.68. The molecule has 0 bridgehead atoms. The Morgan fingerprint density at radius 2 is 2.47 bits per heavy atom. The lowest BCUT2D eigenvalue weighted by atomic mass is 10.4. The van der Waals surface area contributed by atoms with Gasteiger partial charge >= 0.3 is 0 Å². The van der Waals surface area contributed by atoms with Gasteiger partial charge in [-0.1, -0.05) is 17.8 Å². The van der Waals surface area contributed by atoms with E-state index in [2.05, 4.69) is 21.3 Å². The summed E-state index contributed by atoms with van der Waals surface area (Å²) in [5.74, 6) is 0.700. The van der Waals surface area contributed by atoms with Gasteiger partial charge < -0.3 is 0 Å². The average molecular weight is 262 g/mol. The normalized spacial score (nSPS) is 12.7. The molecule has 1 unspecified atom stereocenters. The first kappa shape index (κ1) is 11.9. The molecule has 0 spiro atoms. The zero-order valence-electron chi connectivity index (χ0n) is 9.12. The van der Waals surface area contributed by atoms with Gasteiger partial charge in [-0.05, 0) is 30.5 Å². The summed E-state index contributed by atoms with van der Waals surface area (Å²) in [5, 5.41) is 18.0. The molecule has 0 aliphatic rings. The number of thioether (sulfide) groups is 1. The van der Waals surface area contributed by atoms with E-state index in [0.717, 1.165) is 0 Å². The molecule has 0 aliphatic heterocycles. The van der Waals surface area contributed by atoms with Gasteiger partial charge in [-0.15, -0.1) is 16.4 Å². The molecular formula is C11H10N4S2. The molecule has 0 aromatic carbocycles. The maximum Gasteiger partial charge on any atom is 0.209 e. The van der Waals surface area contributed by atoms with Gasteiger partial charge in [0.05, 0.1) is 11.3 Å². The third-order valence-electron chi connectivity index (χ3n) is 1.89. The Hall–Kier alpha value is -1.58. The highest BCUT2D eigenvalue weighted by atomic mass is 32.2. The molecule has 2 rings (SSSR count). The Balaban J connectivity index is 2.02. The fraction of sp³-hybridized carbons (Fsp3) is 0.182. The number of aromatic amines is 1. The lowest BCUT2D eigenvalue weighted by Gasteiger charge is -1.93. The fourth-order valence-electron chi connectivity index (χ4n) is 1.12. The SMILES string of the molecule is CC(C#N)Sc1n[nH]c(C=Cc2cccs2)n1. The van der Waals surface area contributed by atoms with Gasteiger partial charge in [0.2, 0.25) is 5.16 Å². The number of H-pyrrole nitrogens is 1. The minimum absolute atomic E-state index is 0.139. The van der Waals surface area contributed by atoms with E-state index in [9.17, 15) is 0 Å². The van der Waals surface area contributed by atoms with Crippen LogP contribution >= 0.6 is 23.1 Å². The minimum atomic E-state index is -0.139. The van der Waals surface area contributed by atoms with Gasteiger partial charge in [0.1, 0.15) is 5.82 Å². The molecule has 0 amide bonds. The van der Waals surface area contributed by atoms with Gasteiger partial charge in [-0.25, -0.2) is 4.98 Å². The Morgan fingerprint density at radius 3 is 3.18 bits per heavy atom. The van der Waals surface area contributed by atoms with Crippen LogP contribution in [-0.4, -0.2) is 20.4 Å². The number of nitrogens with zero attached hydrogens (tertiary/aromatic N) is 3. The Morgan fingerprint density at radius 1 is 1.59 bits per heavy atom. The van der Waals surface area contributed by atoms with Crippen molar-refractivity contribution in [2.75, 3.05) is 0 Å². The number of rotatable bonds is 4. The van der Waals surface area contributed by atoms with E-state index in [1.165, 1.54) is 16.6 Å². The molecular weight excluding hydrogens is 252 g/mol. The molecule has 2 aromatic rings. The molecule has 0 radical (unpaired) electrons. The number of hydrogen-bond acceptors (Lipinski definition) is 5. The van der Waals surface area contributed by atoms with E-state index in [1.807, 2.05) is 36.6 Å². The molecule has 0 saturated carbocycles. The van der Waals surface area contributed by atoms with Crippen LogP contribution in [0.5, 0.6) is 0 Å². The molecule has 2 heterocycles. The topological polar surface area (TPSA) is 65.4 Å². The van der Waals surface area contributed by atoms with Crippen molar-refractivity contribution in [2.24, 2.45) is 0 Å². The summed E-state index contributed by atoms with van der Waals surface area (Å²) in [6.07, 6.45) is 3.85. The predicted molar refractivity (Wildman–Crippen MR) is 70.6 cm³/mol. The zero-order chi connectivity index (χ0) is 12.1. The van der Waals surface area contributed by atoms with E-state index in [0.29, 0.717) is 11.0 Å². The van der Waals surface area contributed by atoms with Crippen LogP contribution in [0.4, 0.5) is 0 Å². The second-order valence-corrected chi connectivity index (χ2v) is 5.53. The monoisotopic (exact) mass is 262 g/mol. The van der Waals surface area contributed by atoms with E-state index in [4.69, 9.17) is 5.26 Å². The van der Waals surface area contributed by atoms with Gasteiger partial charge in [0, 0.05) is 4.88 Å². The van der Waals surface area contributed by atoms with Gasteiger partial charge in [0.25, 0.3) is 0 Å². The molecule has 6 heteroatoms. The predicted octanol–water partition coefficient (Wildman–Crippen LogP) is 3.04. The molecule has 86 valence electrons. The number of hydrogen-bond donors (Lipinski definition) is 1. The first-order valence-electron chi connectivity index (χ1n) is 4.98. The van der Waals surface area contributed by atoms with E-state index >= 15 is 0 Å². The lowest BCUT2D eigenvalue weighted by Crippen LogP contribution is -1.90. The molecule has 1 N–H and O–H groups in total. The molecule has 0 fully saturated rings. The van der Waals surface area contributed by atoms with Crippen LogP contribution in [0.25, 0.3) is 12.2 Å². The maximum atomic E-state index is 8.68. The highest BCUT2D eigenvalue weighted by molar-refractivity contribution is 7.99. The summed E-state index contributed by atoms with van der Waals surface area (Å²) in [5.41, 5.74) is 0. The Labute approximate surface area is 107 Å². The summed E-state index contributed by atoms with van der Waals surface area (Å²) in [6.45, 7) is 1.82. The first-order chi connectivity index (χ1) is 8.28. The summed E-state index contributed by atoms with van der Waals surface area (Å²) >= 11 is 3.01. The lowest BCUT2D eigenvalue weighted by molar-refractivity contribution is 0.969. The van der Waals surface area contributed by atoms with Crippen molar-refractivity contribution < 1.29 is 0 Å². The summed E-state index contributed by atoms with van der Waals surface area (Å²) in [4.78, 5) is 5.43. The third-order valence-corrected chi connectivity index (χ3v) is 3.58. The van der Waals surface area contributed by atoms with Crippen LogP contribution in [-0.2, 0) is 0 Å². The number of nitriles is 1. The highest BCUT2D eigenvalue weighted by Crippen LogP contribution is 2.18. The van der Waals surface area contributed by atoms with Crippen molar-refractivity contribution in [1.29, 1.82) is 5.26 Å². The van der Waals surface area contributed by atoms with Crippen LogP contribution < -0.4 is 0 Å². The van der Waals surface area contributed by atoms with Crippen molar-refractivity contribution in [2.45, 2.75) is 17.3 Å². The highest BCUT2D eigenvalue weighted by Gasteiger charge is 2.06. The number of thiophene rings is 1. The first-order valence-corrected chi connectivity index (χ1v) is 6.74. The average Bonchev–Trinajstić information content (AvgIpc) is 2.97. The second kappa shape index (κ2) is 5.66. The summed E-state index contributed by atoms with van der Waals surface area (Å²) in [6, 6.07) is 6.16. The molecule has 0 saturated heterocycles. The van der Waals surface area contributed by atoms with Crippen molar-refractivity contribution in [3.05, 3.63) is 28.2 Å². The molecule has 2 aromatic heterocycles. The van der Waals surface area contributed by atoms with Gasteiger partial charge in [-0.2, -0.15) is 5.26 Å². The largest absolute Gasteiger partial charge is 0.259 e. The van der Waals surface area contributed by atoms with Crippen molar-refractivity contribution in [3.63, 3.8) is 0 Å². The van der Waals surface area contributed by atoms with Gasteiger partial charge in [-0.3, -0.25) is 5.10 Å². The minimum Gasteiger partial charge on any atom is -0.259 e. The molecule has 17 heavy (non-hydrogen) atoms. The van der Waals surface area contributed by atoms with E-state index in [-0.39, 0.29) is 5.25 Å². The summed E-state index contributed by atoms with van der Waals surface area (Å²) in [7, 11) is 0. The number of aromatic nitrogens is 3. The van der Waals surface area contributed by atoms with Crippen LogP contribution in [0.2, 0.25) is 0 Å². The Kier molecular flexibility index (Phi) is 3.96. The van der Waals surface area contributed by atoms with Crippen LogP contribution in [0.15, 0.2) is 22.7 Å². The van der Waals surface area contributed by atoms with Crippen LogP contribution in [0.1, 0.15) is 17.6 Å². The molecule has 1 atom stereocenters. The van der Waals surface area contributed by atoms with Crippen LogP contribution in [0.3, 0.4) is 0 Å². The summed E-state index contributed by atoms with van der Waals surface area (Å²) < 4.78 is 0. The van der Waals surface area contributed by atoms with Crippen molar-refractivity contribution in [1.82, 2.24) is 15.2 Å². The van der Waals surface area contributed by atoms with Crippen molar-refractivity contribution in [3.8, 4) is 6.07 Å². The zero-order valence-corrected chi connectivity index (χ0v) is 10.8. The molecule has 4 nitrogen and oxygen atoms in total. The standard InChI is InChI=1S/C11H10N4S2/c1-8(7-12)17-11-13-10(14-15-11)5-4-9-3-2-6-16-9/h2-6,8H,1H3,(H,13,14,15). The van der Waals surface area contributed by atoms with E-state index in [1.54, 1.807) is 11.3 Å². The molecule has 0 aliphatic carbocycles. The van der Waals surface area contributed by atoms with Crippen molar-refractivity contribution >= 4 is 35.3 Å². The van der Waals surface area contributed by atoms with Gasteiger partial charge in [0.15, 0.2) is 0 Å². The van der Waals surface area contributed by atoms with Crippen LogP contribution in [0, 0.1) is 11.3 Å². The number of nitrogens with one attached hydrogen (secondary N) is 1.